The Morgan fingerprint density at radius 1 is 1.03 bits per heavy atom. The van der Waals surface area contributed by atoms with Crippen LogP contribution in [0.15, 0.2) is 54.6 Å². The van der Waals surface area contributed by atoms with Crippen molar-refractivity contribution >= 4 is 29.3 Å². The number of amides is 2. The predicted molar refractivity (Wildman–Crippen MR) is 124 cm³/mol. The molecule has 0 fully saturated rings. The van der Waals surface area contributed by atoms with Crippen LogP contribution in [0.5, 0.6) is 5.75 Å². The van der Waals surface area contributed by atoms with Crippen molar-refractivity contribution in [2.45, 2.75) is 64.2 Å². The first kappa shape index (κ1) is 24.5. The molecule has 6 nitrogen and oxygen atoms in total. The smallest absolute Gasteiger partial charge is 0.410 e. The number of carbonyl (C=O) groups excluding carboxylic acids is 2. The third-order valence-corrected chi connectivity index (χ3v) is 4.52. The zero-order chi connectivity index (χ0) is 22.9. The van der Waals surface area contributed by atoms with E-state index in [1.54, 1.807) is 24.3 Å². The second kappa shape index (κ2) is 11.6. The predicted octanol–water partition coefficient (Wildman–Crippen LogP) is 5.50. The first-order valence-corrected chi connectivity index (χ1v) is 10.8. The Kier molecular flexibility index (Phi) is 9.19. The molecule has 7 heteroatoms. The summed E-state index contributed by atoms with van der Waals surface area (Å²) in [6.07, 6.45) is 0.568. The molecular weight excluding hydrogens is 416 g/mol. The number of alkyl carbamates (subject to hydrolysis) is 1. The van der Waals surface area contributed by atoms with Crippen LogP contribution in [-0.2, 0) is 16.0 Å². The minimum atomic E-state index is -0.703. The van der Waals surface area contributed by atoms with E-state index in [1.165, 1.54) is 0 Å². The highest BCUT2D eigenvalue weighted by Crippen LogP contribution is 2.20. The highest BCUT2D eigenvalue weighted by atomic mass is 35.5. The van der Waals surface area contributed by atoms with Crippen LogP contribution in [0.4, 0.5) is 10.5 Å². The summed E-state index contributed by atoms with van der Waals surface area (Å²) in [6, 6.07) is 16.5. The van der Waals surface area contributed by atoms with Gasteiger partial charge in [0.25, 0.3) is 0 Å². The number of hydrogen-bond donors (Lipinski definition) is 2. The van der Waals surface area contributed by atoms with Gasteiger partial charge in [0.1, 0.15) is 11.1 Å². The summed E-state index contributed by atoms with van der Waals surface area (Å²) in [5.74, 6) is 0.261. The number of alkyl halides is 1. The van der Waals surface area contributed by atoms with Crippen molar-refractivity contribution in [3.05, 3.63) is 60.2 Å². The number of halogens is 1. The van der Waals surface area contributed by atoms with Gasteiger partial charge in [-0.1, -0.05) is 37.3 Å². The summed E-state index contributed by atoms with van der Waals surface area (Å²) in [6.45, 7) is 7.62. The maximum absolute atomic E-state index is 12.4. The van der Waals surface area contributed by atoms with E-state index >= 15 is 0 Å². The van der Waals surface area contributed by atoms with E-state index in [1.807, 2.05) is 58.0 Å². The second-order valence-electron chi connectivity index (χ2n) is 8.29. The molecule has 2 rings (SSSR count). The van der Waals surface area contributed by atoms with Crippen molar-refractivity contribution in [3.8, 4) is 5.75 Å². The molecule has 2 amide bonds. The van der Waals surface area contributed by atoms with Crippen LogP contribution in [0, 0.1) is 0 Å². The zero-order valence-electron chi connectivity index (χ0n) is 18.5. The quantitative estimate of drug-likeness (QED) is 0.393. The minimum Gasteiger partial charge on any atom is -0.455 e. The number of benzene rings is 2. The Hall–Kier alpha value is -2.73. The van der Waals surface area contributed by atoms with E-state index in [0.717, 1.165) is 12.0 Å². The molecule has 2 aromatic rings. The number of anilines is 1. The van der Waals surface area contributed by atoms with Gasteiger partial charge in [0.2, 0.25) is 12.2 Å². The molecular formula is C24H31ClN2O4. The average molecular weight is 447 g/mol. The Labute approximate surface area is 189 Å². The molecule has 0 aliphatic rings. The van der Waals surface area contributed by atoms with Crippen molar-refractivity contribution in [2.75, 3.05) is 5.32 Å². The van der Waals surface area contributed by atoms with Gasteiger partial charge in [-0.25, -0.2) is 4.79 Å². The average Bonchev–Trinajstić information content (AvgIpc) is 2.69. The Morgan fingerprint density at radius 3 is 2.26 bits per heavy atom. The van der Waals surface area contributed by atoms with Crippen molar-refractivity contribution in [2.24, 2.45) is 0 Å². The van der Waals surface area contributed by atoms with Gasteiger partial charge in [0.15, 0.2) is 0 Å². The van der Waals surface area contributed by atoms with Crippen LogP contribution in [0.25, 0.3) is 0 Å². The maximum Gasteiger partial charge on any atom is 0.410 e. The Balaban J connectivity index is 1.90. The van der Waals surface area contributed by atoms with E-state index in [2.05, 4.69) is 10.6 Å². The lowest BCUT2D eigenvalue weighted by atomic mass is 10.1. The Morgan fingerprint density at radius 2 is 1.68 bits per heavy atom. The molecule has 0 bridgehead atoms. The molecule has 0 saturated heterocycles. The first-order chi connectivity index (χ1) is 14.7. The highest BCUT2D eigenvalue weighted by molar-refractivity contribution is 6.32. The van der Waals surface area contributed by atoms with Crippen molar-refractivity contribution < 1.29 is 19.1 Å². The molecule has 2 unspecified atom stereocenters. The van der Waals surface area contributed by atoms with Gasteiger partial charge in [0.05, 0.1) is 0 Å². The van der Waals surface area contributed by atoms with Gasteiger partial charge in [-0.15, -0.1) is 11.6 Å². The molecule has 0 saturated carbocycles. The third kappa shape index (κ3) is 9.30. The fourth-order valence-electron chi connectivity index (χ4n) is 2.74. The maximum atomic E-state index is 12.4. The summed E-state index contributed by atoms with van der Waals surface area (Å²) in [4.78, 5) is 24.4. The second-order valence-corrected chi connectivity index (χ2v) is 8.81. The standard InChI is InChI=1S/C24H31ClN2O4/c1-5-9-21(31-23(29)27-24(2,3)4)30-19-14-12-18(13-15-19)26-22(28)20(25)16-17-10-7-6-8-11-17/h6-8,10-15,20-21H,5,9,16H2,1-4H3,(H,26,28)(H,27,29). The molecule has 2 atom stereocenters. The number of carbonyl (C=O) groups is 2. The molecule has 0 aromatic heterocycles. The molecule has 0 radical (unpaired) electrons. The molecule has 2 aromatic carbocycles. The molecule has 0 heterocycles. The van der Waals surface area contributed by atoms with Gasteiger partial charge in [-0.05, 0) is 63.4 Å². The van der Waals surface area contributed by atoms with Crippen molar-refractivity contribution in [1.82, 2.24) is 5.32 Å². The van der Waals surface area contributed by atoms with Crippen LogP contribution in [-0.4, -0.2) is 29.2 Å². The van der Waals surface area contributed by atoms with Crippen LogP contribution < -0.4 is 15.4 Å². The monoisotopic (exact) mass is 446 g/mol. The summed E-state index contributed by atoms with van der Waals surface area (Å²) in [5, 5.41) is 4.88. The van der Waals surface area contributed by atoms with Gasteiger partial charge in [0, 0.05) is 17.6 Å². The fourth-order valence-corrected chi connectivity index (χ4v) is 2.97. The van der Waals surface area contributed by atoms with Crippen LogP contribution in [0.1, 0.15) is 46.1 Å². The summed E-state index contributed by atoms with van der Waals surface area (Å²) < 4.78 is 11.2. The molecule has 31 heavy (non-hydrogen) atoms. The van der Waals surface area contributed by atoms with Crippen molar-refractivity contribution in [1.29, 1.82) is 0 Å². The number of ether oxygens (including phenoxy) is 2. The lowest BCUT2D eigenvalue weighted by Crippen LogP contribution is -2.43. The number of rotatable bonds is 9. The number of hydrogen-bond acceptors (Lipinski definition) is 4. The molecule has 2 N–H and O–H groups in total. The van der Waals surface area contributed by atoms with Crippen LogP contribution in [0.2, 0.25) is 0 Å². The lowest BCUT2D eigenvalue weighted by molar-refractivity contribution is -0.115. The first-order valence-electron chi connectivity index (χ1n) is 10.4. The van der Waals surface area contributed by atoms with Gasteiger partial charge < -0.3 is 20.1 Å². The lowest BCUT2D eigenvalue weighted by Gasteiger charge is -2.24. The summed E-state index contributed by atoms with van der Waals surface area (Å²) in [7, 11) is 0. The molecule has 0 aliphatic carbocycles. The van der Waals surface area contributed by atoms with E-state index in [-0.39, 0.29) is 5.91 Å². The zero-order valence-corrected chi connectivity index (χ0v) is 19.2. The van der Waals surface area contributed by atoms with E-state index in [4.69, 9.17) is 21.1 Å². The topological polar surface area (TPSA) is 76.7 Å². The molecule has 168 valence electrons. The van der Waals surface area contributed by atoms with Gasteiger partial charge in [-0.3, -0.25) is 4.79 Å². The van der Waals surface area contributed by atoms with Gasteiger partial charge in [-0.2, -0.15) is 0 Å². The van der Waals surface area contributed by atoms with E-state index in [9.17, 15) is 9.59 Å². The van der Waals surface area contributed by atoms with Crippen LogP contribution >= 0.6 is 11.6 Å². The third-order valence-electron chi connectivity index (χ3n) is 4.17. The van der Waals surface area contributed by atoms with Gasteiger partial charge >= 0.3 is 6.09 Å². The van der Waals surface area contributed by atoms with Crippen molar-refractivity contribution in [3.63, 3.8) is 0 Å². The SMILES string of the molecule is CCCC(OC(=O)NC(C)(C)C)Oc1ccc(NC(=O)C(Cl)Cc2ccccc2)cc1. The largest absolute Gasteiger partial charge is 0.455 e. The molecule has 0 spiro atoms. The van der Waals surface area contributed by atoms with Crippen LogP contribution in [0.3, 0.4) is 0 Å². The van der Waals surface area contributed by atoms with E-state index in [0.29, 0.717) is 24.3 Å². The highest BCUT2D eigenvalue weighted by Gasteiger charge is 2.20. The summed E-state index contributed by atoms with van der Waals surface area (Å²) >= 11 is 6.25. The summed E-state index contributed by atoms with van der Waals surface area (Å²) in [5.41, 5.74) is 1.21. The molecule has 0 aliphatic heterocycles. The van der Waals surface area contributed by atoms with E-state index < -0.39 is 23.3 Å². The fraction of sp³-hybridized carbons (Fsp3) is 0.417. The Bertz CT molecular complexity index is 835. The minimum absolute atomic E-state index is 0.273. The number of nitrogens with one attached hydrogen (secondary N) is 2. The normalized spacial score (nSPS) is 13.1.